The molecule has 1 unspecified atom stereocenters. The molecule has 1 atom stereocenters. The molecule has 0 aliphatic carbocycles. The maximum Gasteiger partial charge on any atom is 0.239 e. The highest BCUT2D eigenvalue weighted by molar-refractivity contribution is 6.36. The van der Waals surface area contributed by atoms with Gasteiger partial charge in [0.15, 0.2) is 0 Å². The minimum absolute atomic E-state index is 0. The summed E-state index contributed by atoms with van der Waals surface area (Å²) in [6.45, 7) is 3.34. The second kappa shape index (κ2) is 7.71. The molecule has 0 radical (unpaired) electrons. The van der Waals surface area contributed by atoms with E-state index in [-0.39, 0.29) is 24.2 Å². The summed E-state index contributed by atoms with van der Waals surface area (Å²) in [7, 11) is 0. The van der Waals surface area contributed by atoms with Crippen LogP contribution in [0.5, 0.6) is 0 Å². The molecule has 2 aliphatic heterocycles. The second-order valence-corrected chi connectivity index (χ2v) is 6.35. The van der Waals surface area contributed by atoms with Crippen molar-refractivity contribution in [3.05, 3.63) is 28.2 Å². The van der Waals surface area contributed by atoms with E-state index in [0.717, 1.165) is 13.1 Å². The zero-order valence-electron chi connectivity index (χ0n) is 12.4. The van der Waals surface area contributed by atoms with Crippen molar-refractivity contribution in [2.45, 2.75) is 6.42 Å². The molecule has 2 aliphatic rings. The number of rotatable bonds is 2. The molecule has 1 N–H and O–H groups in total. The van der Waals surface area contributed by atoms with Crippen molar-refractivity contribution in [2.24, 2.45) is 5.92 Å². The minimum atomic E-state index is -0.604. The fourth-order valence-electron chi connectivity index (χ4n) is 2.95. The summed E-state index contributed by atoms with van der Waals surface area (Å²) in [4.78, 5) is 28.5. The lowest BCUT2D eigenvalue weighted by atomic mass is 10.1. The van der Waals surface area contributed by atoms with Gasteiger partial charge in [0, 0.05) is 37.7 Å². The number of carbonyl (C=O) groups excluding carboxylic acids is 2. The first-order chi connectivity index (χ1) is 10.6. The number of nitrogens with zero attached hydrogens (tertiary/aromatic N) is 2. The largest absolute Gasteiger partial charge is 0.339 e. The average molecular weight is 379 g/mol. The Morgan fingerprint density at radius 3 is 2.57 bits per heavy atom. The lowest BCUT2D eigenvalue weighted by Crippen LogP contribution is -2.49. The zero-order chi connectivity index (χ0) is 15.7. The van der Waals surface area contributed by atoms with Crippen molar-refractivity contribution in [3.8, 4) is 0 Å². The van der Waals surface area contributed by atoms with Gasteiger partial charge in [-0.1, -0.05) is 23.2 Å². The predicted octanol–water partition coefficient (Wildman–Crippen LogP) is 2.20. The molecule has 1 aromatic rings. The van der Waals surface area contributed by atoms with E-state index in [1.807, 2.05) is 0 Å². The summed E-state index contributed by atoms with van der Waals surface area (Å²) >= 11 is 12.1. The van der Waals surface area contributed by atoms with Crippen molar-refractivity contribution < 1.29 is 9.59 Å². The van der Waals surface area contributed by atoms with Gasteiger partial charge >= 0.3 is 0 Å². The highest BCUT2D eigenvalue weighted by Crippen LogP contribution is 2.34. The summed E-state index contributed by atoms with van der Waals surface area (Å²) in [6, 6.07) is 5.01. The smallest absolute Gasteiger partial charge is 0.239 e. The molecule has 1 aromatic carbocycles. The number of anilines is 1. The maximum atomic E-state index is 12.6. The predicted molar refractivity (Wildman–Crippen MR) is 93.6 cm³/mol. The van der Waals surface area contributed by atoms with Crippen molar-refractivity contribution in [1.29, 1.82) is 0 Å². The lowest BCUT2D eigenvalue weighted by molar-refractivity contribution is -0.140. The van der Waals surface area contributed by atoms with E-state index in [4.69, 9.17) is 23.2 Å². The molecule has 23 heavy (non-hydrogen) atoms. The monoisotopic (exact) mass is 377 g/mol. The van der Waals surface area contributed by atoms with Gasteiger partial charge < -0.3 is 15.1 Å². The topological polar surface area (TPSA) is 52.7 Å². The minimum Gasteiger partial charge on any atom is -0.339 e. The van der Waals surface area contributed by atoms with Crippen LogP contribution in [0.15, 0.2) is 18.2 Å². The van der Waals surface area contributed by atoms with Crippen molar-refractivity contribution >= 4 is 53.1 Å². The molecule has 126 valence electrons. The van der Waals surface area contributed by atoms with E-state index in [9.17, 15) is 9.59 Å². The number of carbonyl (C=O) groups is 2. The Hall–Kier alpha value is -1.01. The molecule has 5 nitrogen and oxygen atoms in total. The first-order valence-electron chi connectivity index (χ1n) is 7.34. The van der Waals surface area contributed by atoms with Crippen LogP contribution in [0.4, 0.5) is 5.69 Å². The number of nitrogens with one attached hydrogen (secondary N) is 1. The van der Waals surface area contributed by atoms with Crippen LogP contribution in [0, 0.1) is 5.92 Å². The third-order valence-corrected chi connectivity index (χ3v) is 4.69. The summed E-state index contributed by atoms with van der Waals surface area (Å²) < 4.78 is 0. The maximum absolute atomic E-state index is 12.6. The summed E-state index contributed by atoms with van der Waals surface area (Å²) in [5.41, 5.74) is 0.578. The Kier molecular flexibility index (Phi) is 6.14. The number of hydrogen-bond donors (Lipinski definition) is 1. The van der Waals surface area contributed by atoms with Gasteiger partial charge in [-0.05, 0) is 24.6 Å². The fourth-order valence-corrected chi connectivity index (χ4v) is 3.33. The highest BCUT2D eigenvalue weighted by atomic mass is 35.5. The van der Waals surface area contributed by atoms with E-state index < -0.39 is 5.92 Å². The molecule has 8 heteroatoms. The third kappa shape index (κ3) is 3.74. The van der Waals surface area contributed by atoms with Gasteiger partial charge in [-0.2, -0.15) is 0 Å². The molecule has 2 fully saturated rings. The summed E-state index contributed by atoms with van der Waals surface area (Å²) in [5.74, 6) is -0.868. The number of hydrogen-bond acceptors (Lipinski definition) is 3. The van der Waals surface area contributed by atoms with Crippen LogP contribution in [0.1, 0.15) is 6.42 Å². The van der Waals surface area contributed by atoms with Crippen molar-refractivity contribution in [3.63, 3.8) is 0 Å². The molecular weight excluding hydrogens is 361 g/mol. The van der Waals surface area contributed by atoms with Gasteiger partial charge in [0.05, 0.1) is 10.7 Å². The van der Waals surface area contributed by atoms with Crippen molar-refractivity contribution in [1.82, 2.24) is 10.2 Å². The molecule has 0 saturated carbocycles. The van der Waals surface area contributed by atoms with Crippen LogP contribution in [0.25, 0.3) is 0 Å². The van der Waals surface area contributed by atoms with Crippen LogP contribution in [0.3, 0.4) is 0 Å². The number of piperazine rings is 1. The van der Waals surface area contributed by atoms with Crippen LogP contribution in [-0.2, 0) is 9.59 Å². The number of halogens is 3. The van der Waals surface area contributed by atoms with Gasteiger partial charge in [0.2, 0.25) is 11.8 Å². The number of benzene rings is 1. The zero-order valence-corrected chi connectivity index (χ0v) is 14.8. The first kappa shape index (κ1) is 18.3. The van der Waals surface area contributed by atoms with Gasteiger partial charge in [0.25, 0.3) is 0 Å². The normalized spacial score (nSPS) is 21.3. The Morgan fingerprint density at radius 2 is 1.87 bits per heavy atom. The van der Waals surface area contributed by atoms with Gasteiger partial charge in [-0.3, -0.25) is 9.59 Å². The van der Waals surface area contributed by atoms with Crippen molar-refractivity contribution in [2.75, 3.05) is 37.6 Å². The second-order valence-electron chi connectivity index (χ2n) is 5.50. The average Bonchev–Trinajstić information content (AvgIpc) is 2.91. The van der Waals surface area contributed by atoms with Gasteiger partial charge in [-0.15, -0.1) is 12.4 Å². The number of amides is 2. The Balaban J connectivity index is 0.00000192. The Morgan fingerprint density at radius 1 is 1.17 bits per heavy atom. The molecule has 3 rings (SSSR count). The summed E-state index contributed by atoms with van der Waals surface area (Å²) in [5, 5.41) is 4.18. The molecular formula is C15H18Cl3N3O2. The summed E-state index contributed by atoms with van der Waals surface area (Å²) in [6.07, 6.45) is 0.518. The van der Waals surface area contributed by atoms with Crippen LogP contribution in [0.2, 0.25) is 10.0 Å². The van der Waals surface area contributed by atoms with E-state index >= 15 is 0 Å². The van der Waals surface area contributed by atoms with E-state index in [2.05, 4.69) is 5.32 Å². The molecule has 2 heterocycles. The molecule has 2 amide bonds. The molecule has 0 bridgehead atoms. The fraction of sp³-hybridized carbons (Fsp3) is 0.467. The van der Waals surface area contributed by atoms with Gasteiger partial charge in [-0.25, -0.2) is 0 Å². The first-order valence-corrected chi connectivity index (χ1v) is 8.09. The SMILES string of the molecule is Cl.O=C(C1CCN(c2cc(Cl)ccc2Cl)C1=O)N1CCNCC1. The van der Waals surface area contributed by atoms with E-state index in [1.165, 1.54) is 0 Å². The third-order valence-electron chi connectivity index (χ3n) is 4.13. The highest BCUT2D eigenvalue weighted by Gasteiger charge is 2.40. The molecule has 2 saturated heterocycles. The van der Waals surface area contributed by atoms with Crippen LogP contribution < -0.4 is 10.2 Å². The van der Waals surface area contributed by atoms with Gasteiger partial charge in [0.1, 0.15) is 5.92 Å². The quantitative estimate of drug-likeness (QED) is 0.803. The van der Waals surface area contributed by atoms with Crippen LogP contribution in [-0.4, -0.2) is 49.4 Å². The lowest BCUT2D eigenvalue weighted by Gasteiger charge is -2.29. The Labute approximate surface area is 151 Å². The molecule has 0 aromatic heterocycles. The molecule has 0 spiro atoms. The Bertz CT molecular complexity index is 606. The standard InChI is InChI=1S/C15H17Cl2N3O2.ClH/c16-10-1-2-12(17)13(9-10)20-6-3-11(15(20)22)14(21)19-7-4-18-5-8-19;/h1-2,9,11,18H,3-8H2;1H. The van der Waals surface area contributed by atoms with E-state index in [1.54, 1.807) is 28.0 Å². The van der Waals surface area contributed by atoms with Crippen LogP contribution >= 0.6 is 35.6 Å². The van der Waals surface area contributed by atoms with E-state index in [0.29, 0.717) is 41.8 Å².